The molecule has 0 radical (unpaired) electrons. The number of para-hydroxylation sites is 1. The number of ether oxygens (including phenoxy) is 2. The Kier molecular flexibility index (Phi) is 4.80. The van der Waals surface area contributed by atoms with Gasteiger partial charge in [0.2, 0.25) is 5.91 Å². The predicted molar refractivity (Wildman–Crippen MR) is 109 cm³/mol. The number of carbonyl (C=O) groups is 1. The number of rotatable bonds is 5. The van der Waals surface area contributed by atoms with E-state index < -0.39 is 0 Å². The van der Waals surface area contributed by atoms with E-state index in [-0.39, 0.29) is 11.8 Å². The van der Waals surface area contributed by atoms with E-state index >= 15 is 0 Å². The van der Waals surface area contributed by atoms with E-state index in [9.17, 15) is 4.79 Å². The van der Waals surface area contributed by atoms with Gasteiger partial charge in [0.15, 0.2) is 5.13 Å². The summed E-state index contributed by atoms with van der Waals surface area (Å²) in [7, 11) is 3.20. The van der Waals surface area contributed by atoms with E-state index in [4.69, 9.17) is 21.1 Å². The van der Waals surface area contributed by atoms with Crippen LogP contribution < -0.4 is 19.7 Å². The van der Waals surface area contributed by atoms with Gasteiger partial charge >= 0.3 is 0 Å². The van der Waals surface area contributed by atoms with E-state index in [2.05, 4.69) is 15.2 Å². The quantitative estimate of drug-likeness (QED) is 0.696. The summed E-state index contributed by atoms with van der Waals surface area (Å²) in [5.74, 6) is 1.24. The number of anilines is 2. The van der Waals surface area contributed by atoms with Crippen LogP contribution in [0.2, 0.25) is 5.02 Å². The van der Waals surface area contributed by atoms with Crippen LogP contribution in [0.5, 0.6) is 11.5 Å². The van der Waals surface area contributed by atoms with Gasteiger partial charge in [0.25, 0.3) is 0 Å². The number of thiazole rings is 1. The lowest BCUT2D eigenvalue weighted by molar-refractivity contribution is -0.120. The fourth-order valence-corrected chi connectivity index (χ4v) is 4.26. The topological polar surface area (TPSA) is 63.7 Å². The summed E-state index contributed by atoms with van der Waals surface area (Å²) in [5, 5.41) is 4.29. The van der Waals surface area contributed by atoms with Crippen molar-refractivity contribution in [2.45, 2.75) is 0 Å². The number of nitrogens with zero attached hydrogens (tertiary/aromatic N) is 2. The summed E-state index contributed by atoms with van der Waals surface area (Å²) >= 11 is 7.71. The summed E-state index contributed by atoms with van der Waals surface area (Å²) in [4.78, 5) is 19.2. The number of fused-ring (bicyclic) bond motifs is 1. The van der Waals surface area contributed by atoms with E-state index in [0.717, 1.165) is 21.1 Å². The van der Waals surface area contributed by atoms with Gasteiger partial charge in [-0.2, -0.15) is 0 Å². The number of carbonyl (C=O) groups excluding carboxylic acids is 1. The molecule has 1 aromatic heterocycles. The first-order valence-corrected chi connectivity index (χ1v) is 9.61. The molecule has 27 heavy (non-hydrogen) atoms. The maximum atomic E-state index is 12.5. The Morgan fingerprint density at radius 2 is 2.00 bits per heavy atom. The predicted octanol–water partition coefficient (Wildman–Crippen LogP) is 4.04. The first-order chi connectivity index (χ1) is 13.1. The fraction of sp³-hybridized carbons (Fsp3) is 0.263. The number of benzene rings is 2. The smallest absolute Gasteiger partial charge is 0.231 e. The Balaban J connectivity index is 1.40. The Bertz CT molecular complexity index is 1000. The third-order valence-electron chi connectivity index (χ3n) is 4.53. The molecule has 0 saturated carbocycles. The zero-order valence-electron chi connectivity index (χ0n) is 14.9. The molecule has 8 heteroatoms. The normalized spacial score (nSPS) is 14.1. The highest BCUT2D eigenvalue weighted by atomic mass is 35.5. The second-order valence-electron chi connectivity index (χ2n) is 6.24. The minimum Gasteiger partial charge on any atom is -0.495 e. The molecular formula is C19H18ClN3O3S. The molecule has 0 atom stereocenters. The minimum absolute atomic E-state index is 0.0221. The van der Waals surface area contributed by atoms with Gasteiger partial charge in [-0.05, 0) is 30.3 Å². The van der Waals surface area contributed by atoms with Crippen molar-refractivity contribution in [2.75, 3.05) is 37.5 Å². The van der Waals surface area contributed by atoms with E-state index in [1.807, 2.05) is 18.2 Å². The van der Waals surface area contributed by atoms with Crippen molar-refractivity contribution in [3.05, 3.63) is 41.4 Å². The van der Waals surface area contributed by atoms with Gasteiger partial charge in [-0.3, -0.25) is 4.79 Å². The first-order valence-electron chi connectivity index (χ1n) is 8.42. The van der Waals surface area contributed by atoms with Gasteiger partial charge in [-0.1, -0.05) is 29.0 Å². The Hall–Kier alpha value is -2.51. The molecule has 0 unspecified atom stereocenters. The van der Waals surface area contributed by atoms with E-state index in [0.29, 0.717) is 29.5 Å². The zero-order chi connectivity index (χ0) is 19.0. The molecule has 4 rings (SSSR count). The molecule has 1 amide bonds. The molecule has 0 aliphatic carbocycles. The van der Waals surface area contributed by atoms with Crippen LogP contribution in [0.4, 0.5) is 10.8 Å². The monoisotopic (exact) mass is 403 g/mol. The average Bonchev–Trinajstić information content (AvgIpc) is 3.04. The van der Waals surface area contributed by atoms with Gasteiger partial charge in [0.1, 0.15) is 17.0 Å². The zero-order valence-corrected chi connectivity index (χ0v) is 16.4. The largest absolute Gasteiger partial charge is 0.495 e. The molecule has 6 nitrogen and oxygen atoms in total. The van der Waals surface area contributed by atoms with Crippen molar-refractivity contribution in [2.24, 2.45) is 5.92 Å². The lowest BCUT2D eigenvalue weighted by Gasteiger charge is -2.37. The molecule has 1 saturated heterocycles. The summed E-state index contributed by atoms with van der Waals surface area (Å²) in [6, 6.07) is 11.1. The second kappa shape index (κ2) is 7.25. The van der Waals surface area contributed by atoms with Crippen molar-refractivity contribution < 1.29 is 14.3 Å². The first kappa shape index (κ1) is 17.9. The number of hydrogen-bond acceptors (Lipinski definition) is 6. The molecule has 1 fully saturated rings. The van der Waals surface area contributed by atoms with Crippen molar-refractivity contribution in [3.8, 4) is 11.5 Å². The SMILES string of the molecule is COc1ccc(NC(=O)C2CN(c3nc4c(OC)cccc4s3)C2)cc1Cl. The van der Waals surface area contributed by atoms with Gasteiger partial charge < -0.3 is 19.7 Å². The number of nitrogens with one attached hydrogen (secondary N) is 1. The number of amides is 1. The number of methoxy groups -OCH3 is 2. The maximum Gasteiger partial charge on any atom is 0.231 e. The van der Waals surface area contributed by atoms with Crippen LogP contribution in [-0.4, -0.2) is 38.2 Å². The maximum absolute atomic E-state index is 12.5. The lowest BCUT2D eigenvalue weighted by Crippen LogP contribution is -2.52. The average molecular weight is 404 g/mol. The number of hydrogen-bond donors (Lipinski definition) is 1. The summed E-state index contributed by atoms with van der Waals surface area (Å²) < 4.78 is 11.6. The van der Waals surface area contributed by atoms with Gasteiger partial charge in [0.05, 0.1) is 29.9 Å². The van der Waals surface area contributed by atoms with Crippen LogP contribution in [-0.2, 0) is 4.79 Å². The Morgan fingerprint density at radius 3 is 2.70 bits per heavy atom. The van der Waals surface area contributed by atoms with Crippen LogP contribution in [0.1, 0.15) is 0 Å². The molecule has 0 bridgehead atoms. The van der Waals surface area contributed by atoms with Gasteiger partial charge in [-0.25, -0.2) is 4.98 Å². The van der Waals surface area contributed by atoms with Crippen LogP contribution in [0.15, 0.2) is 36.4 Å². The molecule has 1 N–H and O–H groups in total. The molecule has 2 heterocycles. The summed E-state index contributed by atoms with van der Waals surface area (Å²) in [6.07, 6.45) is 0. The summed E-state index contributed by atoms with van der Waals surface area (Å²) in [6.45, 7) is 1.27. The number of aromatic nitrogens is 1. The van der Waals surface area contributed by atoms with Crippen molar-refractivity contribution in [3.63, 3.8) is 0 Å². The standard InChI is InChI=1S/C19H18ClN3O3S/c1-25-14-7-6-12(8-13(14)20)21-18(24)11-9-23(10-11)19-22-17-15(26-2)4-3-5-16(17)27-19/h3-8,11H,9-10H2,1-2H3,(H,21,24). The molecule has 3 aromatic rings. The fourth-order valence-electron chi connectivity index (χ4n) is 3.00. The minimum atomic E-state index is -0.0835. The van der Waals surface area contributed by atoms with Crippen LogP contribution in [0.3, 0.4) is 0 Å². The molecule has 2 aromatic carbocycles. The highest BCUT2D eigenvalue weighted by Crippen LogP contribution is 2.37. The van der Waals surface area contributed by atoms with Gasteiger partial charge in [0, 0.05) is 18.8 Å². The third kappa shape index (κ3) is 3.40. The van der Waals surface area contributed by atoms with Gasteiger partial charge in [-0.15, -0.1) is 0 Å². The lowest BCUT2D eigenvalue weighted by atomic mass is 10.00. The molecule has 0 spiro atoms. The Labute approximate surface area is 165 Å². The highest BCUT2D eigenvalue weighted by Gasteiger charge is 2.34. The van der Waals surface area contributed by atoms with Crippen LogP contribution in [0.25, 0.3) is 10.2 Å². The van der Waals surface area contributed by atoms with Crippen molar-refractivity contribution >= 4 is 49.9 Å². The molecule has 140 valence electrons. The second-order valence-corrected chi connectivity index (χ2v) is 7.66. The third-order valence-corrected chi connectivity index (χ3v) is 5.91. The summed E-state index contributed by atoms with van der Waals surface area (Å²) in [5.41, 5.74) is 1.52. The molecule has 1 aliphatic rings. The number of halogens is 1. The van der Waals surface area contributed by atoms with Crippen LogP contribution >= 0.6 is 22.9 Å². The van der Waals surface area contributed by atoms with Crippen molar-refractivity contribution in [1.82, 2.24) is 4.98 Å². The molecular weight excluding hydrogens is 386 g/mol. The van der Waals surface area contributed by atoms with Crippen molar-refractivity contribution in [1.29, 1.82) is 0 Å². The van der Waals surface area contributed by atoms with Crippen LogP contribution in [0, 0.1) is 5.92 Å². The van der Waals surface area contributed by atoms with E-state index in [1.54, 1.807) is 43.8 Å². The Morgan fingerprint density at radius 1 is 1.22 bits per heavy atom. The molecule has 1 aliphatic heterocycles. The highest BCUT2D eigenvalue weighted by molar-refractivity contribution is 7.22. The van der Waals surface area contributed by atoms with E-state index in [1.165, 1.54) is 0 Å².